The molecule has 1 aromatic carbocycles. The Labute approximate surface area is 99.2 Å². The minimum Gasteiger partial charge on any atom is -0.282 e. The minimum absolute atomic E-state index is 0.270. The lowest BCUT2D eigenvalue weighted by atomic mass is 10.1. The maximum atomic E-state index is 10.9. The highest BCUT2D eigenvalue weighted by molar-refractivity contribution is 7.85. The molecule has 0 unspecified atom stereocenters. The van der Waals surface area contributed by atoms with Gasteiger partial charge in [-0.3, -0.25) is 14.7 Å². The van der Waals surface area contributed by atoms with Crippen molar-refractivity contribution >= 4 is 15.8 Å². The first-order chi connectivity index (χ1) is 7.86. The molecule has 1 rings (SSSR count). The fourth-order valence-corrected chi connectivity index (χ4v) is 1.95. The number of benzene rings is 1. The van der Waals surface area contributed by atoms with Crippen LogP contribution in [0.25, 0.3) is 0 Å². The Kier molecular flexibility index (Phi) is 4.19. The summed E-state index contributed by atoms with van der Waals surface area (Å²) in [6.45, 7) is 1.96. The van der Waals surface area contributed by atoms with Gasteiger partial charge in [0.15, 0.2) is 0 Å². The number of unbranched alkanes of at least 4 members (excludes halogenated alkanes) is 1. The number of nitro groups is 1. The van der Waals surface area contributed by atoms with Crippen molar-refractivity contribution in [1.29, 1.82) is 0 Å². The second kappa shape index (κ2) is 5.24. The van der Waals surface area contributed by atoms with Crippen LogP contribution in [0.1, 0.15) is 25.3 Å². The van der Waals surface area contributed by atoms with E-state index >= 15 is 0 Å². The molecule has 0 aromatic heterocycles. The molecule has 1 N–H and O–H groups in total. The summed E-state index contributed by atoms with van der Waals surface area (Å²) in [6, 6.07) is 3.44. The third kappa shape index (κ3) is 3.50. The van der Waals surface area contributed by atoms with Gasteiger partial charge in [-0.05, 0) is 18.9 Å². The summed E-state index contributed by atoms with van der Waals surface area (Å²) in [4.78, 5) is 9.70. The van der Waals surface area contributed by atoms with E-state index in [0.717, 1.165) is 18.9 Å². The molecule has 0 bridgehead atoms. The first-order valence-corrected chi connectivity index (χ1v) is 6.55. The molecule has 7 heteroatoms. The lowest BCUT2D eigenvalue weighted by Gasteiger charge is -2.03. The summed E-state index contributed by atoms with van der Waals surface area (Å²) in [6.07, 6.45) is 2.18. The van der Waals surface area contributed by atoms with Gasteiger partial charge in [-0.15, -0.1) is 0 Å². The van der Waals surface area contributed by atoms with Gasteiger partial charge in [-0.25, -0.2) is 0 Å². The highest BCUT2D eigenvalue weighted by Crippen LogP contribution is 2.24. The van der Waals surface area contributed by atoms with E-state index in [1.807, 2.05) is 6.92 Å². The van der Waals surface area contributed by atoms with Gasteiger partial charge in [0.05, 0.1) is 4.92 Å². The summed E-state index contributed by atoms with van der Waals surface area (Å²) >= 11 is 0. The van der Waals surface area contributed by atoms with E-state index in [0.29, 0.717) is 12.0 Å². The molecule has 1 aromatic rings. The molecule has 0 aliphatic rings. The van der Waals surface area contributed by atoms with Crippen molar-refractivity contribution in [2.24, 2.45) is 0 Å². The molecule has 0 amide bonds. The van der Waals surface area contributed by atoms with Gasteiger partial charge in [-0.2, -0.15) is 8.42 Å². The molecule has 0 saturated carbocycles. The van der Waals surface area contributed by atoms with Crippen molar-refractivity contribution in [3.05, 3.63) is 33.9 Å². The summed E-state index contributed by atoms with van der Waals surface area (Å²) in [5.74, 6) is 0. The van der Waals surface area contributed by atoms with Gasteiger partial charge in [0.1, 0.15) is 4.90 Å². The van der Waals surface area contributed by atoms with Crippen molar-refractivity contribution in [2.75, 3.05) is 0 Å². The fourth-order valence-electron chi connectivity index (χ4n) is 1.45. The zero-order valence-electron chi connectivity index (χ0n) is 9.29. The monoisotopic (exact) mass is 259 g/mol. The standard InChI is InChI=1S/C10H13NO5S/c1-2-3-4-8-5-6-9(17(14,15)16)7-10(8)11(12)13/h5-7H,2-4H2,1H3,(H,14,15,16). The van der Waals surface area contributed by atoms with Gasteiger partial charge < -0.3 is 0 Å². The molecule has 94 valence electrons. The Morgan fingerprint density at radius 2 is 2.06 bits per heavy atom. The van der Waals surface area contributed by atoms with Crippen LogP contribution in [-0.4, -0.2) is 17.9 Å². The second-order valence-corrected chi connectivity index (χ2v) is 5.05. The third-order valence-electron chi connectivity index (χ3n) is 2.35. The van der Waals surface area contributed by atoms with E-state index in [-0.39, 0.29) is 5.69 Å². The fraction of sp³-hybridized carbons (Fsp3) is 0.400. The number of nitrogens with zero attached hydrogens (tertiary/aromatic N) is 1. The second-order valence-electron chi connectivity index (χ2n) is 3.63. The number of hydrogen-bond donors (Lipinski definition) is 1. The smallest absolute Gasteiger partial charge is 0.282 e. The van der Waals surface area contributed by atoms with Crippen molar-refractivity contribution in [3.8, 4) is 0 Å². The molecule has 0 fully saturated rings. The van der Waals surface area contributed by atoms with E-state index in [2.05, 4.69) is 0 Å². The quantitative estimate of drug-likeness (QED) is 0.496. The van der Waals surface area contributed by atoms with Crippen LogP contribution in [0.15, 0.2) is 23.1 Å². The predicted octanol–water partition coefficient (Wildman–Crippen LogP) is 2.18. The minimum atomic E-state index is -4.40. The Hall–Kier alpha value is -1.47. The molecule has 0 heterocycles. The first-order valence-electron chi connectivity index (χ1n) is 5.11. The number of nitro benzene ring substituents is 1. The Morgan fingerprint density at radius 3 is 2.53 bits per heavy atom. The molecule has 6 nitrogen and oxygen atoms in total. The highest BCUT2D eigenvalue weighted by atomic mass is 32.2. The maximum Gasteiger partial charge on any atom is 0.294 e. The number of rotatable bonds is 5. The predicted molar refractivity (Wildman–Crippen MR) is 61.5 cm³/mol. The number of aryl methyl sites for hydroxylation is 1. The summed E-state index contributed by atoms with van der Waals surface area (Å²) in [5, 5.41) is 10.8. The summed E-state index contributed by atoms with van der Waals surface area (Å²) < 4.78 is 30.5. The average molecular weight is 259 g/mol. The highest BCUT2D eigenvalue weighted by Gasteiger charge is 2.19. The number of hydrogen-bond acceptors (Lipinski definition) is 4. The summed E-state index contributed by atoms with van der Waals surface area (Å²) in [7, 11) is -4.40. The lowest BCUT2D eigenvalue weighted by Crippen LogP contribution is -2.02. The van der Waals surface area contributed by atoms with E-state index in [1.54, 1.807) is 0 Å². The van der Waals surface area contributed by atoms with Crippen molar-refractivity contribution in [2.45, 2.75) is 31.1 Å². The molecular formula is C10H13NO5S. The zero-order valence-corrected chi connectivity index (χ0v) is 10.1. The van der Waals surface area contributed by atoms with Crippen molar-refractivity contribution in [1.82, 2.24) is 0 Å². The molecule has 0 saturated heterocycles. The molecular weight excluding hydrogens is 246 g/mol. The molecule has 0 aliphatic heterocycles. The molecule has 0 spiro atoms. The van der Waals surface area contributed by atoms with Crippen LogP contribution in [0.3, 0.4) is 0 Å². The van der Waals surface area contributed by atoms with Crippen LogP contribution in [0.5, 0.6) is 0 Å². The van der Waals surface area contributed by atoms with Crippen LogP contribution >= 0.6 is 0 Å². The van der Waals surface area contributed by atoms with Gasteiger partial charge in [0.2, 0.25) is 0 Å². The summed E-state index contributed by atoms with van der Waals surface area (Å²) in [5.41, 5.74) is 0.206. The van der Waals surface area contributed by atoms with E-state index in [4.69, 9.17) is 4.55 Å². The van der Waals surface area contributed by atoms with Crippen LogP contribution in [-0.2, 0) is 16.5 Å². The normalized spacial score (nSPS) is 11.4. The largest absolute Gasteiger partial charge is 0.294 e. The van der Waals surface area contributed by atoms with Gasteiger partial charge in [0, 0.05) is 11.6 Å². The lowest BCUT2D eigenvalue weighted by molar-refractivity contribution is -0.385. The van der Waals surface area contributed by atoms with E-state index in [9.17, 15) is 18.5 Å². The van der Waals surface area contributed by atoms with E-state index < -0.39 is 19.9 Å². The van der Waals surface area contributed by atoms with E-state index in [1.165, 1.54) is 12.1 Å². The van der Waals surface area contributed by atoms with Crippen molar-refractivity contribution in [3.63, 3.8) is 0 Å². The first kappa shape index (κ1) is 13.6. The topological polar surface area (TPSA) is 97.5 Å². The third-order valence-corrected chi connectivity index (χ3v) is 3.20. The van der Waals surface area contributed by atoms with Crippen molar-refractivity contribution < 1.29 is 17.9 Å². The van der Waals surface area contributed by atoms with Gasteiger partial charge >= 0.3 is 0 Å². The van der Waals surface area contributed by atoms with Crippen LogP contribution in [0, 0.1) is 10.1 Å². The average Bonchev–Trinajstić information content (AvgIpc) is 2.24. The van der Waals surface area contributed by atoms with Gasteiger partial charge in [0.25, 0.3) is 15.8 Å². The molecule has 0 atom stereocenters. The van der Waals surface area contributed by atoms with Crippen LogP contribution in [0.4, 0.5) is 5.69 Å². The van der Waals surface area contributed by atoms with Gasteiger partial charge in [-0.1, -0.05) is 19.4 Å². The molecule has 17 heavy (non-hydrogen) atoms. The maximum absolute atomic E-state index is 10.9. The Morgan fingerprint density at radius 1 is 1.41 bits per heavy atom. The Bertz CT molecular complexity index is 523. The van der Waals surface area contributed by atoms with Crippen LogP contribution < -0.4 is 0 Å². The van der Waals surface area contributed by atoms with Crippen LogP contribution in [0.2, 0.25) is 0 Å². The zero-order chi connectivity index (χ0) is 13.1. The SMILES string of the molecule is CCCCc1ccc(S(=O)(=O)O)cc1[N+](=O)[O-]. The molecule has 0 aliphatic carbocycles. The molecule has 0 radical (unpaired) electrons. The Balaban J connectivity index is 3.22.